The van der Waals surface area contributed by atoms with Crippen LogP contribution in [0.5, 0.6) is 5.75 Å². The molecule has 4 aromatic rings. The van der Waals surface area contributed by atoms with Crippen molar-refractivity contribution < 1.29 is 22.7 Å². The van der Waals surface area contributed by atoms with Crippen molar-refractivity contribution >= 4 is 27.5 Å². The lowest BCUT2D eigenvalue weighted by molar-refractivity contribution is -0.140. The van der Waals surface area contributed by atoms with Crippen molar-refractivity contribution in [3.63, 3.8) is 0 Å². The largest absolute Gasteiger partial charge is 0.497 e. The highest BCUT2D eigenvalue weighted by atomic mass is 32.2. The Hall–Kier alpha value is -4.63. The fourth-order valence-electron chi connectivity index (χ4n) is 5.99. The SMILES string of the molecule is COc1ccc(S(=O)(=O)N(CC(=O)N(Cc2ccc(C)cc2)C(Cc2ccccc2)C(=O)NC2CCCCC2)c2ccccc2)cc1. The number of carbonyl (C=O) groups is 2. The van der Waals surface area contributed by atoms with Gasteiger partial charge >= 0.3 is 0 Å². The number of amides is 2. The number of ether oxygens (including phenoxy) is 1. The zero-order valence-corrected chi connectivity index (χ0v) is 27.9. The summed E-state index contributed by atoms with van der Waals surface area (Å²) in [4.78, 5) is 30.4. The van der Waals surface area contributed by atoms with Gasteiger partial charge in [-0.2, -0.15) is 0 Å². The monoisotopic (exact) mass is 653 g/mol. The predicted molar refractivity (Wildman–Crippen MR) is 185 cm³/mol. The van der Waals surface area contributed by atoms with E-state index in [4.69, 9.17) is 4.74 Å². The van der Waals surface area contributed by atoms with Crippen molar-refractivity contribution in [1.29, 1.82) is 0 Å². The lowest BCUT2D eigenvalue weighted by atomic mass is 9.94. The summed E-state index contributed by atoms with van der Waals surface area (Å²) in [5, 5.41) is 3.24. The van der Waals surface area contributed by atoms with Crippen molar-refractivity contribution in [2.75, 3.05) is 18.0 Å². The number of hydrogen-bond donors (Lipinski definition) is 1. The first-order chi connectivity index (χ1) is 22.7. The average Bonchev–Trinajstić information content (AvgIpc) is 3.10. The molecule has 0 radical (unpaired) electrons. The molecule has 1 aliphatic carbocycles. The van der Waals surface area contributed by atoms with Gasteiger partial charge in [-0.1, -0.05) is 97.6 Å². The minimum Gasteiger partial charge on any atom is -0.497 e. The molecule has 246 valence electrons. The molecule has 47 heavy (non-hydrogen) atoms. The number of carbonyl (C=O) groups excluding carboxylic acids is 2. The van der Waals surface area contributed by atoms with E-state index in [0.29, 0.717) is 11.4 Å². The molecular weight excluding hydrogens is 611 g/mol. The predicted octanol–water partition coefficient (Wildman–Crippen LogP) is 6.29. The number of methoxy groups -OCH3 is 1. The summed E-state index contributed by atoms with van der Waals surface area (Å²) in [6, 6.07) is 31.3. The molecule has 0 bridgehead atoms. The number of nitrogens with zero attached hydrogens (tertiary/aromatic N) is 2. The van der Waals surface area contributed by atoms with Crippen molar-refractivity contribution in [1.82, 2.24) is 10.2 Å². The number of benzene rings is 4. The van der Waals surface area contributed by atoms with Crippen LogP contribution in [0.15, 0.2) is 114 Å². The fourth-order valence-corrected chi connectivity index (χ4v) is 7.40. The minimum absolute atomic E-state index is 0.0240. The molecule has 1 saturated carbocycles. The second-order valence-corrected chi connectivity index (χ2v) is 13.9. The Morgan fingerprint density at radius 3 is 2.04 bits per heavy atom. The first kappa shape index (κ1) is 33.7. The van der Waals surface area contributed by atoms with Gasteiger partial charge < -0.3 is 15.0 Å². The summed E-state index contributed by atoms with van der Waals surface area (Å²) in [6.45, 7) is 1.64. The molecule has 8 nitrogen and oxygen atoms in total. The van der Waals surface area contributed by atoms with Crippen LogP contribution in [0.4, 0.5) is 5.69 Å². The Labute approximate surface area is 278 Å². The van der Waals surface area contributed by atoms with Gasteiger partial charge in [-0.25, -0.2) is 8.42 Å². The number of rotatable bonds is 13. The zero-order valence-electron chi connectivity index (χ0n) is 27.0. The second-order valence-electron chi connectivity index (χ2n) is 12.1. The maximum Gasteiger partial charge on any atom is 0.264 e. The summed E-state index contributed by atoms with van der Waals surface area (Å²) >= 11 is 0. The van der Waals surface area contributed by atoms with E-state index in [2.05, 4.69) is 5.32 Å². The van der Waals surface area contributed by atoms with E-state index in [1.165, 1.54) is 19.2 Å². The van der Waals surface area contributed by atoms with E-state index in [-0.39, 0.29) is 29.8 Å². The summed E-state index contributed by atoms with van der Waals surface area (Å²) in [5.74, 6) is -0.194. The molecule has 0 aromatic heterocycles. The Morgan fingerprint density at radius 1 is 0.809 bits per heavy atom. The molecule has 1 aliphatic rings. The van der Waals surface area contributed by atoms with Crippen molar-refractivity contribution in [2.24, 2.45) is 0 Å². The fraction of sp³-hybridized carbons (Fsp3) is 0.316. The molecule has 0 heterocycles. The highest BCUT2D eigenvalue weighted by molar-refractivity contribution is 7.92. The third-order valence-electron chi connectivity index (χ3n) is 8.67. The first-order valence-corrected chi connectivity index (χ1v) is 17.6. The van der Waals surface area contributed by atoms with E-state index in [1.54, 1.807) is 47.4 Å². The quantitative estimate of drug-likeness (QED) is 0.183. The van der Waals surface area contributed by atoms with Crippen LogP contribution in [0.25, 0.3) is 0 Å². The highest BCUT2D eigenvalue weighted by Crippen LogP contribution is 2.26. The van der Waals surface area contributed by atoms with E-state index in [0.717, 1.165) is 53.1 Å². The van der Waals surface area contributed by atoms with Crippen molar-refractivity contribution in [3.05, 3.63) is 126 Å². The van der Waals surface area contributed by atoms with Gasteiger partial charge in [0.25, 0.3) is 10.0 Å². The normalized spacial score (nSPS) is 14.2. The smallest absolute Gasteiger partial charge is 0.264 e. The molecule has 1 fully saturated rings. The van der Waals surface area contributed by atoms with Gasteiger partial charge in [-0.15, -0.1) is 0 Å². The Morgan fingerprint density at radius 2 is 1.43 bits per heavy atom. The number of para-hydroxylation sites is 1. The molecule has 9 heteroatoms. The number of nitrogens with one attached hydrogen (secondary N) is 1. The summed E-state index contributed by atoms with van der Waals surface area (Å²) in [6.07, 6.45) is 5.34. The minimum atomic E-state index is -4.18. The van der Waals surface area contributed by atoms with Crippen LogP contribution < -0.4 is 14.4 Å². The standard InChI is InChI=1S/C38H43N3O5S/c1-29-18-20-31(21-19-29)27-40(36(26-30-12-6-3-7-13-30)38(43)39-32-14-8-4-9-15-32)37(42)28-41(33-16-10-5-11-17-33)47(44,45)35-24-22-34(46-2)23-25-35/h3,5-7,10-13,16-25,32,36H,4,8-9,14-15,26-28H2,1-2H3,(H,39,43). The Bertz CT molecular complexity index is 1710. The maximum absolute atomic E-state index is 14.6. The molecule has 0 saturated heterocycles. The highest BCUT2D eigenvalue weighted by Gasteiger charge is 2.35. The molecule has 1 atom stereocenters. The number of anilines is 1. The molecule has 0 spiro atoms. The molecule has 4 aromatic carbocycles. The van der Waals surface area contributed by atoms with E-state index < -0.39 is 28.5 Å². The van der Waals surface area contributed by atoms with Gasteiger partial charge in [0, 0.05) is 19.0 Å². The molecule has 0 aliphatic heterocycles. The summed E-state index contributed by atoms with van der Waals surface area (Å²) in [5.41, 5.74) is 3.17. The molecule has 1 unspecified atom stereocenters. The second kappa shape index (κ2) is 15.8. The maximum atomic E-state index is 14.6. The zero-order chi connectivity index (χ0) is 33.2. The lowest BCUT2D eigenvalue weighted by Crippen LogP contribution is -2.55. The van der Waals surface area contributed by atoms with Crippen LogP contribution >= 0.6 is 0 Å². The number of aryl methyl sites for hydroxylation is 1. The van der Waals surface area contributed by atoms with Crippen LogP contribution in [-0.4, -0.2) is 50.9 Å². The molecule has 5 rings (SSSR count). The van der Waals surface area contributed by atoms with Crippen molar-refractivity contribution in [3.8, 4) is 5.75 Å². The van der Waals surface area contributed by atoms with Crippen LogP contribution in [-0.2, 0) is 32.6 Å². The topological polar surface area (TPSA) is 96.0 Å². The molecular formula is C38H43N3O5S. The van der Waals surface area contributed by atoms with Gasteiger partial charge in [0.1, 0.15) is 18.3 Å². The lowest BCUT2D eigenvalue weighted by Gasteiger charge is -2.35. The van der Waals surface area contributed by atoms with Gasteiger partial charge in [0.05, 0.1) is 17.7 Å². The van der Waals surface area contributed by atoms with Crippen LogP contribution in [0.1, 0.15) is 48.8 Å². The Kier molecular flexibility index (Phi) is 11.3. The summed E-state index contributed by atoms with van der Waals surface area (Å²) in [7, 11) is -2.67. The Balaban J connectivity index is 1.54. The molecule has 1 N–H and O–H groups in total. The molecule has 2 amide bonds. The number of sulfonamides is 1. The third-order valence-corrected chi connectivity index (χ3v) is 10.5. The van der Waals surface area contributed by atoms with Crippen LogP contribution in [0.3, 0.4) is 0 Å². The van der Waals surface area contributed by atoms with Gasteiger partial charge in [-0.3, -0.25) is 13.9 Å². The van der Waals surface area contributed by atoms with E-state index >= 15 is 0 Å². The summed E-state index contributed by atoms with van der Waals surface area (Å²) < 4.78 is 34.7. The first-order valence-electron chi connectivity index (χ1n) is 16.2. The van der Waals surface area contributed by atoms with E-state index in [1.807, 2.05) is 61.5 Å². The average molecular weight is 654 g/mol. The van der Waals surface area contributed by atoms with Gasteiger partial charge in [-0.05, 0) is 67.3 Å². The van der Waals surface area contributed by atoms with Crippen LogP contribution in [0.2, 0.25) is 0 Å². The van der Waals surface area contributed by atoms with Gasteiger partial charge in [0.2, 0.25) is 11.8 Å². The third kappa shape index (κ3) is 8.80. The van der Waals surface area contributed by atoms with Gasteiger partial charge in [0.15, 0.2) is 0 Å². The number of hydrogen-bond acceptors (Lipinski definition) is 5. The van der Waals surface area contributed by atoms with Crippen LogP contribution in [0, 0.1) is 6.92 Å². The van der Waals surface area contributed by atoms with Crippen molar-refractivity contribution in [2.45, 2.75) is 69.0 Å². The van der Waals surface area contributed by atoms with E-state index in [9.17, 15) is 18.0 Å².